The molecule has 4 heteroatoms. The normalized spacial score (nSPS) is 18.1. The molecule has 0 heterocycles. The zero-order chi connectivity index (χ0) is 6.78. The van der Waals surface area contributed by atoms with Gasteiger partial charge in [0.1, 0.15) is 0 Å². The zero-order valence-corrected chi connectivity index (χ0v) is 6.04. The fourth-order valence-corrected chi connectivity index (χ4v) is 0.632. The summed E-state index contributed by atoms with van der Waals surface area (Å²) in [6.45, 7) is 3.07. The van der Waals surface area contributed by atoms with E-state index < -0.39 is 15.4 Å². The summed E-state index contributed by atoms with van der Waals surface area (Å²) >= 11 is 0. The van der Waals surface area contributed by atoms with Crippen LogP contribution >= 0.6 is 0 Å². The second kappa shape index (κ2) is 2.44. The Bertz CT molecular complexity index is 169. The molecule has 0 aliphatic rings. The lowest BCUT2D eigenvalue weighted by Crippen LogP contribution is -2.05. The predicted molar refractivity (Wildman–Crippen MR) is 32.7 cm³/mol. The van der Waals surface area contributed by atoms with E-state index in [4.69, 9.17) is 0 Å². The molecule has 0 amide bonds. The van der Waals surface area contributed by atoms with Crippen LogP contribution in [0.4, 0.5) is 3.89 Å². The molecule has 50 valence electrons. The van der Waals surface area contributed by atoms with Crippen LogP contribution in [0, 0.1) is 0 Å². The molecule has 8 heavy (non-hydrogen) atoms. The Kier molecular flexibility index (Phi) is 2.40. The van der Waals surface area contributed by atoms with Gasteiger partial charge in [0.25, 0.3) is 0 Å². The highest BCUT2D eigenvalue weighted by molar-refractivity contribution is 7.89. The van der Waals surface area contributed by atoms with Crippen molar-refractivity contribution in [3.8, 4) is 0 Å². The molecule has 1 unspecified atom stereocenters. The second-order valence-electron chi connectivity index (χ2n) is 1.73. The fraction of sp³-hybridized carbons (Fsp3) is 1.00. The van der Waals surface area contributed by atoms with Gasteiger partial charge in [-0.2, -0.15) is 0 Å². The van der Waals surface area contributed by atoms with Crippen molar-refractivity contribution >= 4 is 10.1 Å². The monoisotopic (exact) mass is 139 g/mol. The Morgan fingerprint density at radius 1 is 1.62 bits per heavy atom. The van der Waals surface area contributed by atoms with Gasteiger partial charge in [0.15, 0.2) is 0 Å². The maximum Gasteiger partial charge on any atom is 0.203 e. The second-order valence-corrected chi connectivity index (χ2v) is 4.03. The van der Waals surface area contributed by atoms with Crippen molar-refractivity contribution in [2.45, 2.75) is 19.1 Å². The molecule has 0 saturated heterocycles. The number of rotatable bonds is 1. The molecular weight excluding hydrogens is 129 g/mol. The fourth-order valence-electron chi connectivity index (χ4n) is 0.211. The lowest BCUT2D eigenvalue weighted by atomic mass is 10.6. The molecule has 1 atom stereocenters. The SMILES string of the molecule is CN=S(=O)(F)C(C)C. The van der Waals surface area contributed by atoms with Crippen LogP contribution < -0.4 is 0 Å². The molecule has 0 aliphatic carbocycles. The smallest absolute Gasteiger partial charge is 0.203 e. The van der Waals surface area contributed by atoms with Gasteiger partial charge in [-0.3, -0.25) is 0 Å². The Balaban J connectivity index is 4.42. The summed E-state index contributed by atoms with van der Waals surface area (Å²) in [6.07, 6.45) is 0. The molecule has 0 aromatic carbocycles. The lowest BCUT2D eigenvalue weighted by molar-refractivity contribution is 0.628. The third-order valence-electron chi connectivity index (χ3n) is 0.830. The van der Waals surface area contributed by atoms with Gasteiger partial charge in [0, 0.05) is 7.05 Å². The highest BCUT2D eigenvalue weighted by atomic mass is 32.3. The van der Waals surface area contributed by atoms with Crippen molar-refractivity contribution in [2.24, 2.45) is 4.36 Å². The molecular formula is C4H10FNOS. The molecule has 0 spiro atoms. The van der Waals surface area contributed by atoms with Crippen LogP contribution in [0.25, 0.3) is 0 Å². The topological polar surface area (TPSA) is 29.4 Å². The van der Waals surface area contributed by atoms with Gasteiger partial charge >= 0.3 is 0 Å². The van der Waals surface area contributed by atoms with Gasteiger partial charge in [-0.05, 0) is 13.8 Å². The molecule has 0 saturated carbocycles. The number of halogens is 1. The minimum atomic E-state index is -3.36. The maximum absolute atomic E-state index is 12.3. The first-order valence-corrected chi connectivity index (χ1v) is 3.82. The first-order chi connectivity index (χ1) is 3.50. The highest BCUT2D eigenvalue weighted by Gasteiger charge is 2.08. The summed E-state index contributed by atoms with van der Waals surface area (Å²) in [4.78, 5) is 0. The van der Waals surface area contributed by atoms with Crippen molar-refractivity contribution in [3.05, 3.63) is 0 Å². The summed E-state index contributed by atoms with van der Waals surface area (Å²) in [7, 11) is -2.14. The molecule has 0 bridgehead atoms. The molecule has 0 aliphatic heterocycles. The average molecular weight is 139 g/mol. The van der Waals surface area contributed by atoms with Crippen molar-refractivity contribution in [3.63, 3.8) is 0 Å². The van der Waals surface area contributed by atoms with Crippen molar-refractivity contribution in [1.29, 1.82) is 0 Å². The van der Waals surface area contributed by atoms with E-state index >= 15 is 0 Å². The van der Waals surface area contributed by atoms with Crippen LogP contribution in [0.3, 0.4) is 0 Å². The first kappa shape index (κ1) is 7.88. The van der Waals surface area contributed by atoms with Gasteiger partial charge in [0.05, 0.1) is 5.25 Å². The van der Waals surface area contributed by atoms with Crippen molar-refractivity contribution in [2.75, 3.05) is 7.05 Å². The molecule has 0 aromatic rings. The quantitative estimate of drug-likeness (QED) is 0.504. The van der Waals surface area contributed by atoms with Gasteiger partial charge in [0.2, 0.25) is 10.1 Å². The van der Waals surface area contributed by atoms with E-state index in [9.17, 15) is 8.09 Å². The summed E-state index contributed by atoms with van der Waals surface area (Å²) in [5.74, 6) is 0. The van der Waals surface area contributed by atoms with E-state index in [1.807, 2.05) is 0 Å². The predicted octanol–water partition coefficient (Wildman–Crippen LogP) is 1.38. The van der Waals surface area contributed by atoms with E-state index in [1.165, 1.54) is 20.9 Å². The van der Waals surface area contributed by atoms with Crippen LogP contribution in [0.5, 0.6) is 0 Å². The van der Waals surface area contributed by atoms with Gasteiger partial charge in [-0.15, -0.1) is 3.89 Å². The Morgan fingerprint density at radius 2 is 2.00 bits per heavy atom. The van der Waals surface area contributed by atoms with Gasteiger partial charge < -0.3 is 0 Å². The Morgan fingerprint density at radius 3 is 2.00 bits per heavy atom. The minimum Gasteiger partial charge on any atom is -0.216 e. The van der Waals surface area contributed by atoms with E-state index in [-0.39, 0.29) is 0 Å². The van der Waals surface area contributed by atoms with Gasteiger partial charge in [-0.25, -0.2) is 8.57 Å². The van der Waals surface area contributed by atoms with Crippen LogP contribution in [0.15, 0.2) is 4.36 Å². The zero-order valence-electron chi connectivity index (χ0n) is 5.22. The number of hydrogen-bond donors (Lipinski definition) is 0. The Labute approximate surface area is 49.6 Å². The molecule has 0 N–H and O–H groups in total. The minimum absolute atomic E-state index is 0.493. The Hall–Kier alpha value is -0.120. The summed E-state index contributed by atoms with van der Waals surface area (Å²) in [5, 5.41) is -0.493. The first-order valence-electron chi connectivity index (χ1n) is 2.34. The summed E-state index contributed by atoms with van der Waals surface area (Å²) in [6, 6.07) is 0. The van der Waals surface area contributed by atoms with Gasteiger partial charge in [-0.1, -0.05) is 0 Å². The third kappa shape index (κ3) is 1.78. The van der Waals surface area contributed by atoms with Crippen molar-refractivity contribution in [1.82, 2.24) is 0 Å². The third-order valence-corrected chi connectivity index (χ3v) is 2.49. The van der Waals surface area contributed by atoms with Crippen LogP contribution in [-0.4, -0.2) is 16.5 Å². The van der Waals surface area contributed by atoms with Crippen molar-refractivity contribution < 1.29 is 8.09 Å². The van der Waals surface area contributed by atoms with E-state index in [1.54, 1.807) is 0 Å². The number of hydrogen-bond acceptors (Lipinski definition) is 2. The number of nitrogens with zero attached hydrogens (tertiary/aromatic N) is 1. The lowest BCUT2D eigenvalue weighted by Gasteiger charge is -1.99. The molecule has 0 radical (unpaired) electrons. The van der Waals surface area contributed by atoms with Crippen LogP contribution in [0.1, 0.15) is 13.8 Å². The molecule has 0 aromatic heterocycles. The highest BCUT2D eigenvalue weighted by Crippen LogP contribution is 2.04. The molecule has 2 nitrogen and oxygen atoms in total. The largest absolute Gasteiger partial charge is 0.216 e. The standard InChI is InChI=1S/C4H10FNOS/c1-4(2)8(5,7)6-3/h4H,1-3H3. The van der Waals surface area contributed by atoms with Crippen LogP contribution in [0.2, 0.25) is 0 Å². The molecule has 0 fully saturated rings. The molecule has 0 rings (SSSR count). The van der Waals surface area contributed by atoms with Crippen LogP contribution in [-0.2, 0) is 10.1 Å². The van der Waals surface area contributed by atoms with E-state index in [2.05, 4.69) is 4.36 Å². The summed E-state index contributed by atoms with van der Waals surface area (Å²) in [5.41, 5.74) is 0. The van der Waals surface area contributed by atoms with E-state index in [0.717, 1.165) is 0 Å². The van der Waals surface area contributed by atoms with E-state index in [0.29, 0.717) is 0 Å². The summed E-state index contributed by atoms with van der Waals surface area (Å²) < 4.78 is 25.8. The maximum atomic E-state index is 12.3. The average Bonchev–Trinajstić information content (AvgIpc) is 1.67.